The van der Waals surface area contributed by atoms with Gasteiger partial charge in [-0.2, -0.15) is 5.10 Å². The summed E-state index contributed by atoms with van der Waals surface area (Å²) >= 11 is 0. The molecule has 142 valence electrons. The molecule has 1 saturated heterocycles. The first kappa shape index (κ1) is 20.4. The Morgan fingerprint density at radius 2 is 2.35 bits per heavy atom. The molecule has 3 rings (SSSR count). The lowest BCUT2D eigenvalue weighted by Crippen LogP contribution is -2.47. The second kappa shape index (κ2) is 9.72. The lowest BCUT2D eigenvalue weighted by molar-refractivity contribution is -0.00805. The van der Waals surface area contributed by atoms with Gasteiger partial charge in [-0.1, -0.05) is 0 Å². The molecular formula is C17H25IN6O2. The third-order valence-corrected chi connectivity index (χ3v) is 4.13. The van der Waals surface area contributed by atoms with Crippen LogP contribution in [0.1, 0.15) is 17.2 Å². The SMILES string of the molecule is CN=C(NCc1ccnc(OC)c1)N1CCOC(c2cnn(C)c2)C1.I. The second-order valence-corrected chi connectivity index (χ2v) is 5.86. The Morgan fingerprint density at radius 1 is 1.50 bits per heavy atom. The lowest BCUT2D eigenvalue weighted by atomic mass is 10.1. The summed E-state index contributed by atoms with van der Waals surface area (Å²) in [7, 11) is 5.32. The topological polar surface area (TPSA) is 76.8 Å². The van der Waals surface area contributed by atoms with Crippen molar-refractivity contribution in [2.75, 3.05) is 33.9 Å². The molecule has 1 aliphatic rings. The molecule has 1 N–H and O–H groups in total. The monoisotopic (exact) mass is 472 g/mol. The highest BCUT2D eigenvalue weighted by atomic mass is 127. The largest absolute Gasteiger partial charge is 0.481 e. The molecule has 9 heteroatoms. The molecule has 0 aliphatic carbocycles. The van der Waals surface area contributed by atoms with Crippen molar-refractivity contribution in [3.63, 3.8) is 0 Å². The molecule has 1 fully saturated rings. The Bertz CT molecular complexity index is 736. The van der Waals surface area contributed by atoms with E-state index in [-0.39, 0.29) is 30.1 Å². The van der Waals surface area contributed by atoms with Crippen LogP contribution in [0.3, 0.4) is 0 Å². The quantitative estimate of drug-likeness (QED) is 0.414. The Kier molecular flexibility index (Phi) is 7.64. The van der Waals surface area contributed by atoms with Crippen molar-refractivity contribution in [1.29, 1.82) is 0 Å². The zero-order valence-corrected chi connectivity index (χ0v) is 17.6. The Balaban J connectivity index is 0.00000243. The number of ether oxygens (including phenoxy) is 2. The molecule has 2 aromatic heterocycles. The average Bonchev–Trinajstić information content (AvgIpc) is 3.09. The van der Waals surface area contributed by atoms with Crippen molar-refractivity contribution in [3.8, 4) is 5.88 Å². The molecule has 1 unspecified atom stereocenters. The predicted molar refractivity (Wildman–Crippen MR) is 110 cm³/mol. The number of hydrogen-bond acceptors (Lipinski definition) is 5. The Hall–Kier alpha value is -1.88. The number of aryl methyl sites for hydroxylation is 1. The number of methoxy groups -OCH3 is 1. The van der Waals surface area contributed by atoms with Crippen LogP contribution in [0.4, 0.5) is 0 Å². The van der Waals surface area contributed by atoms with Gasteiger partial charge in [0, 0.05) is 51.2 Å². The third kappa shape index (κ3) is 5.07. The van der Waals surface area contributed by atoms with E-state index in [0.29, 0.717) is 19.0 Å². The molecule has 0 bridgehead atoms. The van der Waals surface area contributed by atoms with Crippen LogP contribution in [-0.2, 0) is 18.3 Å². The van der Waals surface area contributed by atoms with Crippen LogP contribution in [-0.4, -0.2) is 59.5 Å². The van der Waals surface area contributed by atoms with Gasteiger partial charge in [0.05, 0.1) is 26.5 Å². The Labute approximate surface area is 170 Å². The minimum absolute atomic E-state index is 0. The van der Waals surface area contributed by atoms with E-state index in [1.165, 1.54) is 0 Å². The van der Waals surface area contributed by atoms with Crippen molar-refractivity contribution in [2.45, 2.75) is 12.6 Å². The zero-order valence-electron chi connectivity index (χ0n) is 15.3. The summed E-state index contributed by atoms with van der Waals surface area (Å²) in [6.45, 7) is 2.85. The van der Waals surface area contributed by atoms with Crippen LogP contribution in [0.5, 0.6) is 5.88 Å². The maximum Gasteiger partial charge on any atom is 0.213 e. The van der Waals surface area contributed by atoms with Crippen LogP contribution in [0.25, 0.3) is 0 Å². The van der Waals surface area contributed by atoms with Crippen molar-refractivity contribution >= 4 is 29.9 Å². The van der Waals surface area contributed by atoms with Crippen molar-refractivity contribution in [1.82, 2.24) is 25.0 Å². The predicted octanol–water partition coefficient (Wildman–Crippen LogP) is 1.59. The average molecular weight is 472 g/mol. The number of aromatic nitrogens is 3. The second-order valence-electron chi connectivity index (χ2n) is 5.86. The van der Waals surface area contributed by atoms with E-state index in [2.05, 4.69) is 25.3 Å². The molecule has 0 saturated carbocycles. The number of nitrogens with one attached hydrogen (secondary N) is 1. The van der Waals surface area contributed by atoms with E-state index in [9.17, 15) is 0 Å². The summed E-state index contributed by atoms with van der Waals surface area (Å²) < 4.78 is 12.9. The van der Waals surface area contributed by atoms with Crippen molar-refractivity contribution in [2.24, 2.45) is 12.0 Å². The molecule has 0 spiro atoms. The molecule has 0 amide bonds. The van der Waals surface area contributed by atoms with Crippen LogP contribution in [0.2, 0.25) is 0 Å². The number of hydrogen-bond donors (Lipinski definition) is 1. The van der Waals surface area contributed by atoms with E-state index in [1.807, 2.05) is 31.6 Å². The molecule has 8 nitrogen and oxygen atoms in total. The van der Waals surface area contributed by atoms with E-state index in [0.717, 1.165) is 30.2 Å². The molecule has 2 aromatic rings. The van der Waals surface area contributed by atoms with Crippen molar-refractivity contribution < 1.29 is 9.47 Å². The third-order valence-electron chi connectivity index (χ3n) is 4.13. The van der Waals surface area contributed by atoms with E-state index in [1.54, 1.807) is 25.0 Å². The first-order chi connectivity index (χ1) is 12.2. The highest BCUT2D eigenvalue weighted by Crippen LogP contribution is 2.21. The van der Waals surface area contributed by atoms with Gasteiger partial charge in [0.2, 0.25) is 5.88 Å². The molecule has 0 aromatic carbocycles. The number of rotatable bonds is 4. The highest BCUT2D eigenvalue weighted by Gasteiger charge is 2.25. The van der Waals surface area contributed by atoms with Crippen molar-refractivity contribution in [3.05, 3.63) is 41.9 Å². The molecule has 1 aliphatic heterocycles. The van der Waals surface area contributed by atoms with Gasteiger partial charge in [-0.25, -0.2) is 4.98 Å². The smallest absolute Gasteiger partial charge is 0.213 e. The summed E-state index contributed by atoms with van der Waals surface area (Å²) in [4.78, 5) is 10.7. The van der Waals surface area contributed by atoms with Gasteiger partial charge in [-0.3, -0.25) is 9.67 Å². The van der Waals surface area contributed by atoms with E-state index >= 15 is 0 Å². The summed E-state index contributed by atoms with van der Waals surface area (Å²) in [5, 5.41) is 7.63. The Morgan fingerprint density at radius 3 is 3.04 bits per heavy atom. The number of nitrogens with zero attached hydrogens (tertiary/aromatic N) is 5. The number of aliphatic imine (C=N–C) groups is 1. The summed E-state index contributed by atoms with van der Waals surface area (Å²) in [6.07, 6.45) is 5.59. The lowest BCUT2D eigenvalue weighted by Gasteiger charge is -2.34. The van der Waals surface area contributed by atoms with Gasteiger partial charge in [0.15, 0.2) is 5.96 Å². The molecule has 3 heterocycles. The van der Waals surface area contributed by atoms with Gasteiger partial charge in [0.25, 0.3) is 0 Å². The zero-order chi connectivity index (χ0) is 17.6. The number of halogens is 1. The fourth-order valence-corrected chi connectivity index (χ4v) is 2.84. The van der Waals surface area contributed by atoms with Gasteiger partial charge in [0.1, 0.15) is 6.10 Å². The first-order valence-corrected chi connectivity index (χ1v) is 8.24. The minimum Gasteiger partial charge on any atom is -0.481 e. The summed E-state index contributed by atoms with van der Waals surface area (Å²) in [5.41, 5.74) is 2.17. The number of pyridine rings is 1. The molecular weight excluding hydrogens is 447 g/mol. The van der Waals surface area contributed by atoms with Crippen LogP contribution >= 0.6 is 24.0 Å². The molecule has 26 heavy (non-hydrogen) atoms. The molecule has 0 radical (unpaired) electrons. The maximum atomic E-state index is 5.89. The van der Waals surface area contributed by atoms with Crippen LogP contribution in [0.15, 0.2) is 35.7 Å². The highest BCUT2D eigenvalue weighted by molar-refractivity contribution is 14.0. The number of guanidine groups is 1. The normalized spacial score (nSPS) is 17.6. The van der Waals surface area contributed by atoms with Crippen LogP contribution in [0, 0.1) is 0 Å². The van der Waals surface area contributed by atoms with Gasteiger partial charge in [-0.05, 0) is 11.6 Å². The van der Waals surface area contributed by atoms with Gasteiger partial charge in [-0.15, -0.1) is 24.0 Å². The fraction of sp³-hybridized carbons (Fsp3) is 0.471. The maximum absolute atomic E-state index is 5.89. The minimum atomic E-state index is 0. The van der Waals surface area contributed by atoms with E-state index < -0.39 is 0 Å². The summed E-state index contributed by atoms with van der Waals surface area (Å²) in [5.74, 6) is 1.46. The number of morpholine rings is 1. The van der Waals surface area contributed by atoms with Gasteiger partial charge < -0.3 is 19.7 Å². The first-order valence-electron chi connectivity index (χ1n) is 8.24. The summed E-state index contributed by atoms with van der Waals surface area (Å²) in [6, 6.07) is 3.87. The van der Waals surface area contributed by atoms with Crippen LogP contribution < -0.4 is 10.1 Å². The van der Waals surface area contributed by atoms with E-state index in [4.69, 9.17) is 9.47 Å². The standard InChI is InChI=1S/C17H24N6O2.HI/c1-18-17(20-9-13-4-5-19-16(8-13)24-3)23-6-7-25-15(12-23)14-10-21-22(2)11-14;/h4-5,8,10-11,15H,6-7,9,12H2,1-3H3,(H,18,20);1H. The van der Waals surface area contributed by atoms with Gasteiger partial charge >= 0.3 is 0 Å². The molecule has 1 atom stereocenters. The fourth-order valence-electron chi connectivity index (χ4n) is 2.84.